The van der Waals surface area contributed by atoms with E-state index in [1.807, 2.05) is 0 Å². The van der Waals surface area contributed by atoms with Gasteiger partial charge in [-0.2, -0.15) is 0 Å². The molecule has 3 rings (SSSR count). The van der Waals surface area contributed by atoms with Crippen molar-refractivity contribution in [2.45, 2.75) is 76.9 Å². The largest absolute Gasteiger partial charge is 0.522 e. The minimum absolute atomic E-state index is 0.00420. The van der Waals surface area contributed by atoms with Gasteiger partial charge in [-0.25, -0.2) is 0 Å². The molecule has 1 saturated carbocycles. The highest BCUT2D eigenvalue weighted by Gasteiger charge is 2.51. The lowest BCUT2D eigenvalue weighted by Gasteiger charge is -2.30. The number of carbonyl (C=O) groups is 5. The van der Waals surface area contributed by atoms with Crippen LogP contribution in [0.2, 0.25) is 0 Å². The van der Waals surface area contributed by atoms with Crippen LogP contribution in [0.1, 0.15) is 52.9 Å². The van der Waals surface area contributed by atoms with Gasteiger partial charge in [0.2, 0.25) is 11.8 Å². The van der Waals surface area contributed by atoms with Crippen LogP contribution in [0.5, 0.6) is 0 Å². The molecule has 13 heteroatoms. The van der Waals surface area contributed by atoms with Crippen LogP contribution in [0, 0.1) is 17.8 Å². The maximum Gasteiger partial charge on any atom is 0.522 e. The van der Waals surface area contributed by atoms with Gasteiger partial charge < -0.3 is 20.9 Å². The first-order valence-corrected chi connectivity index (χ1v) is 12.1. The molecule has 2 saturated heterocycles. The number of rotatable bonds is 7. The molecule has 0 radical (unpaired) electrons. The van der Waals surface area contributed by atoms with E-state index in [1.54, 1.807) is 20.8 Å². The minimum atomic E-state index is -5.04. The van der Waals surface area contributed by atoms with Gasteiger partial charge in [0.15, 0.2) is 5.78 Å². The van der Waals surface area contributed by atoms with E-state index in [1.165, 1.54) is 4.90 Å². The Morgan fingerprint density at radius 3 is 2.42 bits per heavy atom. The quantitative estimate of drug-likeness (QED) is 0.424. The Morgan fingerprint density at radius 1 is 1.14 bits per heavy atom. The van der Waals surface area contributed by atoms with Crippen LogP contribution in [0.3, 0.4) is 0 Å². The van der Waals surface area contributed by atoms with Gasteiger partial charge in [-0.3, -0.25) is 28.7 Å². The molecule has 5 atom stereocenters. The highest BCUT2D eigenvalue weighted by molar-refractivity contribution is 6.35. The molecule has 2 heterocycles. The molecule has 36 heavy (non-hydrogen) atoms. The van der Waals surface area contributed by atoms with Crippen LogP contribution in [-0.4, -0.2) is 78.0 Å². The number of ketones is 1. The molecule has 4 amide bonds. The number of hydrogen-bond acceptors (Lipinski definition) is 6. The summed E-state index contributed by atoms with van der Waals surface area (Å²) in [5.74, 6) is -4.78. The summed E-state index contributed by atoms with van der Waals surface area (Å²) in [6, 6.07) is -2.47. The van der Waals surface area contributed by atoms with E-state index >= 15 is 0 Å². The summed E-state index contributed by atoms with van der Waals surface area (Å²) < 4.78 is 41.2. The van der Waals surface area contributed by atoms with E-state index in [9.17, 15) is 37.1 Å². The number of fused-ring (bicyclic) bond motifs is 1. The molecule has 1 unspecified atom stereocenters. The van der Waals surface area contributed by atoms with Gasteiger partial charge in [-0.05, 0) is 58.3 Å². The second-order valence-corrected chi connectivity index (χ2v) is 10.7. The molecule has 3 aliphatic rings. The molecule has 0 bridgehead atoms. The average molecular weight is 519 g/mol. The summed E-state index contributed by atoms with van der Waals surface area (Å²) in [6.45, 7) is 4.35. The van der Waals surface area contributed by atoms with Crippen LogP contribution in [0.4, 0.5) is 13.2 Å². The Bertz CT molecular complexity index is 903. The van der Waals surface area contributed by atoms with Crippen LogP contribution < -0.4 is 16.0 Å². The lowest BCUT2D eigenvalue weighted by molar-refractivity contribution is -0.321. The predicted molar refractivity (Wildman–Crippen MR) is 119 cm³/mol. The van der Waals surface area contributed by atoms with Gasteiger partial charge in [0.1, 0.15) is 12.6 Å². The van der Waals surface area contributed by atoms with Gasteiger partial charge in [0.05, 0.1) is 6.04 Å². The molecule has 0 aromatic carbocycles. The third kappa shape index (κ3) is 6.95. The third-order valence-corrected chi connectivity index (χ3v) is 6.87. The number of ether oxygens (including phenoxy) is 1. The van der Waals surface area contributed by atoms with Gasteiger partial charge in [-0.15, -0.1) is 13.2 Å². The molecule has 0 aromatic heterocycles. The summed E-state index contributed by atoms with van der Waals surface area (Å²) in [5, 5.41) is 7.66. The topological polar surface area (TPSA) is 134 Å². The number of hydrogen-bond donors (Lipinski definition) is 3. The maximum atomic E-state index is 13.4. The Balaban J connectivity index is 1.78. The van der Waals surface area contributed by atoms with Crippen molar-refractivity contribution in [1.29, 1.82) is 0 Å². The molecule has 0 spiro atoms. The highest BCUT2D eigenvalue weighted by Crippen LogP contribution is 2.42. The minimum Gasteiger partial charge on any atom is -0.356 e. The lowest BCUT2D eigenvalue weighted by atomic mass is 9.92. The zero-order valence-electron chi connectivity index (χ0n) is 20.6. The van der Waals surface area contributed by atoms with E-state index in [0.29, 0.717) is 19.4 Å². The zero-order chi connectivity index (χ0) is 26.8. The van der Waals surface area contributed by atoms with Crippen molar-refractivity contribution < 1.29 is 41.9 Å². The lowest BCUT2D eigenvalue weighted by Crippen LogP contribution is -2.57. The van der Waals surface area contributed by atoms with Gasteiger partial charge >= 0.3 is 18.2 Å². The summed E-state index contributed by atoms with van der Waals surface area (Å²) in [4.78, 5) is 64.8. The number of alkyl halides is 3. The van der Waals surface area contributed by atoms with E-state index in [0.717, 1.165) is 12.8 Å². The molecular weight excluding hydrogens is 485 g/mol. The monoisotopic (exact) mass is 518 g/mol. The number of nitrogens with zero attached hydrogens (tertiary/aromatic N) is 1. The number of amides is 4. The average Bonchev–Trinajstić information content (AvgIpc) is 3.45. The Hall–Kier alpha value is -2.70. The molecule has 0 aromatic rings. The van der Waals surface area contributed by atoms with Crippen molar-refractivity contribution in [3.05, 3.63) is 0 Å². The van der Waals surface area contributed by atoms with Crippen LogP contribution in [0.15, 0.2) is 0 Å². The van der Waals surface area contributed by atoms with Crippen LogP contribution in [0.25, 0.3) is 0 Å². The number of nitrogens with one attached hydrogen (secondary N) is 3. The van der Waals surface area contributed by atoms with E-state index < -0.39 is 60.0 Å². The summed E-state index contributed by atoms with van der Waals surface area (Å²) in [7, 11) is 0. The molecule has 3 N–H and O–H groups in total. The van der Waals surface area contributed by atoms with E-state index in [-0.39, 0.29) is 30.7 Å². The smallest absolute Gasteiger partial charge is 0.356 e. The summed E-state index contributed by atoms with van der Waals surface area (Å²) >= 11 is 0. The van der Waals surface area contributed by atoms with Crippen molar-refractivity contribution in [2.75, 3.05) is 19.7 Å². The number of likely N-dealkylation sites (tertiary alicyclic amines) is 1. The second kappa shape index (κ2) is 10.7. The number of Topliss-reactive ketones (excluding diaryl/α,β-unsaturated/α-hetero) is 1. The van der Waals surface area contributed by atoms with Gasteiger partial charge in [0.25, 0.3) is 0 Å². The maximum absolute atomic E-state index is 13.4. The fourth-order valence-electron chi connectivity index (χ4n) is 5.31. The number of carbonyl (C=O) groups excluding carboxylic acids is 5. The first-order valence-electron chi connectivity index (χ1n) is 12.1. The Kier molecular flexibility index (Phi) is 8.31. The molecule has 1 aliphatic carbocycles. The van der Waals surface area contributed by atoms with Crippen molar-refractivity contribution >= 4 is 29.4 Å². The SMILES string of the molecule is CC(C)(C)NC(=O)C(=O)N1C[C@@H]2CCC[C@@H]2[C@H]1C(=O)NC(C[C@@H]1CCNC1=O)C(=O)COC(F)(F)F. The first kappa shape index (κ1) is 27.9. The Labute approximate surface area is 207 Å². The first-order chi connectivity index (χ1) is 16.7. The third-order valence-electron chi connectivity index (χ3n) is 6.87. The molecule has 3 fully saturated rings. The molecule has 2 aliphatic heterocycles. The normalized spacial score (nSPS) is 26.8. The van der Waals surface area contributed by atoms with Crippen molar-refractivity contribution in [3.63, 3.8) is 0 Å². The van der Waals surface area contributed by atoms with E-state index in [2.05, 4.69) is 20.7 Å². The summed E-state index contributed by atoms with van der Waals surface area (Å²) in [5.41, 5.74) is -0.683. The predicted octanol–water partition coefficient (Wildman–Crippen LogP) is 0.645. The highest BCUT2D eigenvalue weighted by atomic mass is 19.4. The molecule has 202 valence electrons. The Morgan fingerprint density at radius 2 is 1.83 bits per heavy atom. The van der Waals surface area contributed by atoms with Gasteiger partial charge in [-0.1, -0.05) is 6.42 Å². The van der Waals surface area contributed by atoms with Crippen molar-refractivity contribution in [2.24, 2.45) is 17.8 Å². The fourth-order valence-corrected chi connectivity index (χ4v) is 5.31. The zero-order valence-corrected chi connectivity index (χ0v) is 20.6. The fraction of sp³-hybridized carbons (Fsp3) is 0.783. The summed E-state index contributed by atoms with van der Waals surface area (Å²) in [6.07, 6.45) is -2.64. The van der Waals surface area contributed by atoms with E-state index in [4.69, 9.17) is 0 Å². The second-order valence-electron chi connectivity index (χ2n) is 10.7. The standard InChI is InChI=1S/C23H33F3N4O6/c1-22(2,3)29-20(34)21(35)30-10-13-5-4-6-14(13)17(30)19(33)28-15(9-12-7-8-27-18(12)32)16(31)11-36-23(24,25)26/h12-15,17H,4-11H2,1-3H3,(H,27,32)(H,28,33)(H,29,34)/t12-,13-,14-,15?,17-/m0/s1. The van der Waals surface area contributed by atoms with Crippen LogP contribution >= 0.6 is 0 Å². The van der Waals surface area contributed by atoms with Crippen molar-refractivity contribution in [1.82, 2.24) is 20.9 Å². The van der Waals surface area contributed by atoms with Crippen LogP contribution in [-0.2, 0) is 28.7 Å². The van der Waals surface area contributed by atoms with Crippen molar-refractivity contribution in [3.8, 4) is 0 Å². The molecule has 10 nitrogen and oxygen atoms in total. The molecular formula is C23H33F3N4O6. The van der Waals surface area contributed by atoms with Gasteiger partial charge in [0, 0.05) is 24.5 Å². The number of halogens is 3.